The molecule has 1 amide bonds. The van der Waals surface area contributed by atoms with Crippen LogP contribution < -0.4 is 10.2 Å². The van der Waals surface area contributed by atoms with Crippen molar-refractivity contribution in [3.63, 3.8) is 0 Å². The molecule has 0 saturated heterocycles. The van der Waals surface area contributed by atoms with Gasteiger partial charge >= 0.3 is 0 Å². The Kier molecular flexibility index (Phi) is 3.89. The van der Waals surface area contributed by atoms with Gasteiger partial charge in [0.05, 0.1) is 18.8 Å². The Hall–Kier alpha value is -1.21. The summed E-state index contributed by atoms with van der Waals surface area (Å²) in [4.78, 5) is 22.8. The van der Waals surface area contributed by atoms with Gasteiger partial charge in [-0.15, -0.1) is 0 Å². The molecule has 0 bridgehead atoms. The largest absolute Gasteiger partial charge is 0.381 e. The molecule has 1 fully saturated rings. The Morgan fingerprint density at radius 2 is 2.15 bits per heavy atom. The lowest BCUT2D eigenvalue weighted by Gasteiger charge is -2.38. The van der Waals surface area contributed by atoms with Gasteiger partial charge < -0.3 is 10.1 Å². The van der Waals surface area contributed by atoms with Crippen LogP contribution in [0.3, 0.4) is 0 Å². The van der Waals surface area contributed by atoms with Crippen molar-refractivity contribution in [1.29, 1.82) is 0 Å². The van der Waals surface area contributed by atoms with Crippen LogP contribution in [0.4, 0.5) is 11.6 Å². The highest BCUT2D eigenvalue weighted by atomic mass is 79.9. The molecule has 20 heavy (non-hydrogen) atoms. The second kappa shape index (κ2) is 5.65. The predicted molar refractivity (Wildman–Crippen MR) is 78.8 cm³/mol. The van der Waals surface area contributed by atoms with Gasteiger partial charge in [0.15, 0.2) is 11.6 Å². The smallest absolute Gasteiger partial charge is 0.247 e. The molecular formula is C13H17BrN4O2. The van der Waals surface area contributed by atoms with E-state index in [0.717, 1.165) is 25.7 Å². The number of nitrogens with zero attached hydrogens (tertiary/aromatic N) is 3. The Bertz CT molecular complexity index is 517. The molecule has 0 atom stereocenters. The van der Waals surface area contributed by atoms with E-state index in [-0.39, 0.29) is 18.5 Å². The number of hydrogen-bond acceptors (Lipinski definition) is 5. The number of rotatable bonds is 2. The van der Waals surface area contributed by atoms with Crippen LogP contribution >= 0.6 is 15.9 Å². The van der Waals surface area contributed by atoms with E-state index in [1.54, 1.807) is 13.3 Å². The quantitative estimate of drug-likeness (QED) is 0.891. The molecular weight excluding hydrogens is 324 g/mol. The molecule has 1 aliphatic heterocycles. The van der Waals surface area contributed by atoms with Gasteiger partial charge in [-0.25, -0.2) is 9.97 Å². The summed E-state index contributed by atoms with van der Waals surface area (Å²) in [6.07, 6.45) is 5.80. The zero-order chi connectivity index (χ0) is 14.1. The molecule has 0 unspecified atom stereocenters. The third-order valence-electron chi connectivity index (χ3n) is 3.97. The van der Waals surface area contributed by atoms with Crippen molar-refractivity contribution < 1.29 is 9.53 Å². The molecule has 2 heterocycles. The van der Waals surface area contributed by atoms with Crippen molar-refractivity contribution in [3.8, 4) is 0 Å². The van der Waals surface area contributed by atoms with Crippen LogP contribution in [0.2, 0.25) is 0 Å². The van der Waals surface area contributed by atoms with Gasteiger partial charge in [-0.2, -0.15) is 0 Å². The lowest BCUT2D eigenvalue weighted by Crippen LogP contribution is -2.49. The molecule has 108 valence electrons. The molecule has 6 nitrogen and oxygen atoms in total. The maximum absolute atomic E-state index is 12.3. The number of nitrogens with one attached hydrogen (secondary N) is 1. The highest BCUT2D eigenvalue weighted by Crippen LogP contribution is 2.33. The fourth-order valence-electron chi connectivity index (χ4n) is 2.93. The summed E-state index contributed by atoms with van der Waals surface area (Å²) in [5.41, 5.74) is 0. The number of aromatic nitrogens is 2. The van der Waals surface area contributed by atoms with Crippen LogP contribution in [-0.4, -0.2) is 41.7 Å². The summed E-state index contributed by atoms with van der Waals surface area (Å²) in [5.74, 6) is 1.38. The number of ether oxygens (including phenoxy) is 1. The minimum absolute atomic E-state index is 0.0609. The number of anilines is 2. The Morgan fingerprint density at radius 1 is 1.40 bits per heavy atom. The molecule has 1 aromatic rings. The zero-order valence-corrected chi connectivity index (χ0v) is 12.9. The average Bonchev–Trinajstić information content (AvgIpc) is 2.47. The van der Waals surface area contributed by atoms with Crippen molar-refractivity contribution in [2.24, 2.45) is 0 Å². The van der Waals surface area contributed by atoms with Gasteiger partial charge in [0.2, 0.25) is 5.91 Å². The molecule has 1 aromatic heterocycles. The summed E-state index contributed by atoms with van der Waals surface area (Å²) in [7, 11) is 1.75. The van der Waals surface area contributed by atoms with E-state index < -0.39 is 0 Å². The van der Waals surface area contributed by atoms with Crippen LogP contribution in [0.5, 0.6) is 0 Å². The Balaban J connectivity index is 1.86. The first-order chi connectivity index (χ1) is 9.69. The highest BCUT2D eigenvalue weighted by molar-refractivity contribution is 9.10. The lowest BCUT2D eigenvalue weighted by atomic mass is 9.91. The lowest BCUT2D eigenvalue weighted by molar-refractivity contribution is -0.118. The molecule has 7 heteroatoms. The maximum atomic E-state index is 12.3. The van der Waals surface area contributed by atoms with Crippen LogP contribution in [0.15, 0.2) is 10.8 Å². The second-order valence-corrected chi connectivity index (χ2v) is 5.96. The SMILES string of the molecule is COC1CCC(N2C(=O)CNc3ncc(Br)nc32)CC1. The van der Waals surface area contributed by atoms with Gasteiger partial charge in [-0.3, -0.25) is 9.69 Å². The summed E-state index contributed by atoms with van der Waals surface area (Å²) >= 11 is 3.32. The van der Waals surface area contributed by atoms with E-state index in [1.165, 1.54) is 0 Å². The molecule has 3 rings (SSSR count). The standard InChI is InChI=1S/C13H17BrN4O2/c1-20-9-4-2-8(3-5-9)18-11(19)7-16-12-13(18)17-10(14)6-15-12/h6,8-9H,2-5,7H2,1H3,(H,15,16). The van der Waals surface area contributed by atoms with E-state index in [1.807, 2.05) is 4.90 Å². The summed E-state index contributed by atoms with van der Waals surface area (Å²) in [5, 5.41) is 3.02. The number of carbonyl (C=O) groups excluding carboxylic acids is 1. The van der Waals surface area contributed by atoms with Crippen LogP contribution in [0.25, 0.3) is 0 Å². The predicted octanol–water partition coefficient (Wildman–Crippen LogP) is 1.96. The molecule has 0 spiro atoms. The number of methoxy groups -OCH3 is 1. The fourth-order valence-corrected chi connectivity index (χ4v) is 3.20. The molecule has 1 aliphatic carbocycles. The Morgan fingerprint density at radius 3 is 2.85 bits per heavy atom. The van der Waals surface area contributed by atoms with Crippen LogP contribution in [-0.2, 0) is 9.53 Å². The van der Waals surface area contributed by atoms with Gasteiger partial charge in [0.25, 0.3) is 0 Å². The number of carbonyl (C=O) groups is 1. The first kappa shape index (κ1) is 13.8. The van der Waals surface area contributed by atoms with Crippen LogP contribution in [0.1, 0.15) is 25.7 Å². The van der Waals surface area contributed by atoms with E-state index in [2.05, 4.69) is 31.2 Å². The zero-order valence-electron chi connectivity index (χ0n) is 11.3. The number of halogens is 1. The number of hydrogen-bond donors (Lipinski definition) is 1. The first-order valence-electron chi connectivity index (χ1n) is 6.80. The van der Waals surface area contributed by atoms with Crippen LogP contribution in [0, 0.1) is 0 Å². The highest BCUT2D eigenvalue weighted by Gasteiger charge is 2.34. The second-order valence-electron chi connectivity index (χ2n) is 5.15. The average molecular weight is 341 g/mol. The van der Waals surface area contributed by atoms with Gasteiger partial charge in [-0.1, -0.05) is 0 Å². The molecule has 0 aromatic carbocycles. The molecule has 2 aliphatic rings. The summed E-state index contributed by atoms with van der Waals surface area (Å²) in [6.45, 7) is 0.285. The van der Waals surface area contributed by atoms with E-state index >= 15 is 0 Å². The maximum Gasteiger partial charge on any atom is 0.247 e. The first-order valence-corrected chi connectivity index (χ1v) is 7.59. The van der Waals surface area contributed by atoms with Gasteiger partial charge in [0, 0.05) is 13.2 Å². The summed E-state index contributed by atoms with van der Waals surface area (Å²) in [6, 6.07) is 0.193. The fraction of sp³-hybridized carbons (Fsp3) is 0.615. The van der Waals surface area contributed by atoms with Gasteiger partial charge in [0.1, 0.15) is 4.60 Å². The molecule has 0 radical (unpaired) electrons. The summed E-state index contributed by atoms with van der Waals surface area (Å²) < 4.78 is 6.03. The van der Waals surface area contributed by atoms with Crippen molar-refractivity contribution in [3.05, 3.63) is 10.8 Å². The van der Waals surface area contributed by atoms with E-state index in [4.69, 9.17) is 4.74 Å². The third-order valence-corrected chi connectivity index (χ3v) is 4.35. The third kappa shape index (κ3) is 2.52. The van der Waals surface area contributed by atoms with Crippen molar-refractivity contribution in [2.75, 3.05) is 23.9 Å². The molecule has 1 N–H and O–H groups in total. The van der Waals surface area contributed by atoms with E-state index in [9.17, 15) is 4.79 Å². The topological polar surface area (TPSA) is 67.3 Å². The number of fused-ring (bicyclic) bond motifs is 1. The monoisotopic (exact) mass is 340 g/mol. The van der Waals surface area contributed by atoms with Crippen molar-refractivity contribution in [2.45, 2.75) is 37.8 Å². The van der Waals surface area contributed by atoms with Gasteiger partial charge in [-0.05, 0) is 41.6 Å². The minimum Gasteiger partial charge on any atom is -0.381 e. The normalized spacial score (nSPS) is 26.1. The minimum atomic E-state index is 0.0609. The molecule has 1 saturated carbocycles. The number of amides is 1. The Labute approximate surface area is 126 Å². The van der Waals surface area contributed by atoms with Crippen molar-refractivity contribution in [1.82, 2.24) is 9.97 Å². The van der Waals surface area contributed by atoms with E-state index in [0.29, 0.717) is 22.3 Å². The van der Waals surface area contributed by atoms with Crippen molar-refractivity contribution >= 4 is 33.5 Å².